The average Bonchev–Trinajstić information content (AvgIpc) is 3.40. The zero-order valence-electron chi connectivity index (χ0n) is 48.3. The molecule has 0 aliphatic rings. The van der Waals surface area contributed by atoms with E-state index in [-0.39, 0.29) is 31.1 Å². The first-order valence-corrected chi connectivity index (χ1v) is 30.9. The summed E-state index contributed by atoms with van der Waals surface area (Å²) in [7, 11) is 0. The molecule has 0 heterocycles. The lowest BCUT2D eigenvalue weighted by atomic mass is 10.0. The number of carbonyl (C=O) groups excluding carboxylic acids is 3. The van der Waals surface area contributed by atoms with Gasteiger partial charge in [0, 0.05) is 19.3 Å². The van der Waals surface area contributed by atoms with Crippen LogP contribution >= 0.6 is 0 Å². The predicted octanol–water partition coefficient (Wildman–Crippen LogP) is 21.0. The summed E-state index contributed by atoms with van der Waals surface area (Å²) in [4.78, 5) is 38.1. The first kappa shape index (κ1) is 70.1. The average molecular weight is 1030 g/mol. The second-order valence-corrected chi connectivity index (χ2v) is 20.2. The zero-order valence-corrected chi connectivity index (χ0v) is 48.3. The minimum atomic E-state index is -0.782. The van der Waals surface area contributed by atoms with Crippen LogP contribution < -0.4 is 0 Å². The molecule has 0 N–H and O–H groups in total. The van der Waals surface area contributed by atoms with E-state index in [0.29, 0.717) is 19.3 Å². The molecule has 74 heavy (non-hydrogen) atoms. The molecule has 0 aromatic rings. The van der Waals surface area contributed by atoms with Crippen LogP contribution in [0.4, 0.5) is 0 Å². The third-order valence-electron chi connectivity index (χ3n) is 13.0. The van der Waals surface area contributed by atoms with Gasteiger partial charge in [-0.25, -0.2) is 0 Å². The maximum absolute atomic E-state index is 12.9. The van der Waals surface area contributed by atoms with E-state index in [1.165, 1.54) is 122 Å². The van der Waals surface area contributed by atoms with Crippen molar-refractivity contribution in [1.82, 2.24) is 0 Å². The number of allylic oxidation sites excluding steroid dienone is 18. The van der Waals surface area contributed by atoms with Crippen LogP contribution in [0.3, 0.4) is 0 Å². The normalized spacial score (nSPS) is 12.9. The molecule has 422 valence electrons. The topological polar surface area (TPSA) is 78.9 Å². The van der Waals surface area contributed by atoms with Crippen LogP contribution in [-0.2, 0) is 28.6 Å². The Morgan fingerprint density at radius 2 is 0.527 bits per heavy atom. The van der Waals surface area contributed by atoms with Crippen molar-refractivity contribution in [2.75, 3.05) is 13.2 Å². The lowest BCUT2D eigenvalue weighted by Gasteiger charge is -2.18. The van der Waals surface area contributed by atoms with Gasteiger partial charge in [-0.15, -0.1) is 0 Å². The van der Waals surface area contributed by atoms with E-state index in [1.54, 1.807) is 0 Å². The predicted molar refractivity (Wildman–Crippen MR) is 320 cm³/mol. The number of hydrogen-bond acceptors (Lipinski definition) is 6. The second-order valence-electron chi connectivity index (χ2n) is 20.2. The van der Waals surface area contributed by atoms with Crippen molar-refractivity contribution in [3.63, 3.8) is 0 Å². The summed E-state index contributed by atoms with van der Waals surface area (Å²) in [5.74, 6) is -0.891. The fourth-order valence-corrected chi connectivity index (χ4v) is 8.46. The molecular formula is C68H114O6. The minimum Gasteiger partial charge on any atom is -0.462 e. The number of rotatable bonds is 55. The molecule has 6 nitrogen and oxygen atoms in total. The number of carbonyl (C=O) groups is 3. The molecule has 0 saturated carbocycles. The van der Waals surface area contributed by atoms with Gasteiger partial charge in [0.2, 0.25) is 0 Å². The Balaban J connectivity index is 4.22. The second kappa shape index (κ2) is 61.6. The smallest absolute Gasteiger partial charge is 0.306 e. The molecule has 0 amide bonds. The Morgan fingerprint density at radius 1 is 0.284 bits per heavy atom. The third-order valence-corrected chi connectivity index (χ3v) is 13.0. The fourth-order valence-electron chi connectivity index (χ4n) is 8.46. The summed E-state index contributed by atoms with van der Waals surface area (Å²) in [6.45, 7) is 6.39. The van der Waals surface area contributed by atoms with E-state index in [1.807, 2.05) is 0 Å². The summed E-state index contributed by atoms with van der Waals surface area (Å²) in [6.07, 6.45) is 83.9. The molecule has 0 aliphatic carbocycles. The summed E-state index contributed by atoms with van der Waals surface area (Å²) in [5, 5.41) is 0. The van der Waals surface area contributed by atoms with Gasteiger partial charge in [-0.2, -0.15) is 0 Å². The summed E-state index contributed by atoms with van der Waals surface area (Å²) in [5.41, 5.74) is 0. The number of unbranched alkanes of at least 4 members (excludes halogenated alkanes) is 26. The maximum Gasteiger partial charge on any atom is 0.306 e. The Labute approximate surface area is 457 Å². The van der Waals surface area contributed by atoms with Crippen LogP contribution in [0.1, 0.15) is 284 Å². The fraction of sp³-hybridized carbons (Fsp3) is 0.691. The molecule has 0 saturated heterocycles. The van der Waals surface area contributed by atoms with Crippen molar-refractivity contribution in [1.29, 1.82) is 0 Å². The first-order valence-electron chi connectivity index (χ1n) is 30.9. The van der Waals surface area contributed by atoms with Gasteiger partial charge < -0.3 is 14.2 Å². The Hall–Kier alpha value is -3.93. The SMILES string of the molecule is CC/C=C\C/C=C\C/C=C\C/C=C\C/C=C\CCCCCCCCCCCC(=O)OCC(COC(=O)CCCCCCCCCC)OC(=O)CCCCCCCCCCCC/C=C\C/C=C\C/C=C\C/C=C\CC. The maximum atomic E-state index is 12.9. The van der Waals surface area contributed by atoms with Crippen molar-refractivity contribution in [3.05, 3.63) is 109 Å². The highest BCUT2D eigenvalue weighted by Gasteiger charge is 2.19. The van der Waals surface area contributed by atoms with Crippen LogP contribution in [0.5, 0.6) is 0 Å². The highest BCUT2D eigenvalue weighted by atomic mass is 16.6. The van der Waals surface area contributed by atoms with Crippen LogP contribution in [0.2, 0.25) is 0 Å². The molecule has 0 aliphatic heterocycles. The quantitative estimate of drug-likeness (QED) is 0.0261. The van der Waals surface area contributed by atoms with Crippen molar-refractivity contribution >= 4 is 17.9 Å². The molecular weight excluding hydrogens is 913 g/mol. The Bertz CT molecular complexity index is 1510. The summed E-state index contributed by atoms with van der Waals surface area (Å²) < 4.78 is 16.8. The Morgan fingerprint density at radius 3 is 0.824 bits per heavy atom. The van der Waals surface area contributed by atoms with E-state index in [2.05, 4.69) is 130 Å². The highest BCUT2D eigenvalue weighted by Crippen LogP contribution is 2.16. The molecule has 1 unspecified atom stereocenters. The monoisotopic (exact) mass is 1030 g/mol. The number of ether oxygens (including phenoxy) is 3. The third kappa shape index (κ3) is 59.0. The minimum absolute atomic E-state index is 0.0807. The largest absolute Gasteiger partial charge is 0.462 e. The van der Waals surface area contributed by atoms with Crippen molar-refractivity contribution < 1.29 is 28.6 Å². The van der Waals surface area contributed by atoms with E-state index in [0.717, 1.165) is 122 Å². The standard InChI is InChI=1S/C68H114O6/c1-4-7-10-13-16-19-21-23-25-27-29-31-33-34-36-37-39-41-43-45-47-49-52-55-58-61-67(70)73-64-65(63-72-66(69)60-57-54-51-18-15-12-9-6-3)74-68(71)62-59-56-53-50-48-46-44-42-40-38-35-32-30-28-26-24-22-20-17-14-11-8-5-2/h7-8,10-11,16-17,19-20,23-26,29-32,34,36,65H,4-6,9,12-15,18,21-22,27-28,33,35,37-64H2,1-3H3/b10-7-,11-8-,19-16-,20-17-,25-23-,26-24-,31-29-,32-30-,36-34-. The van der Waals surface area contributed by atoms with Gasteiger partial charge in [0.1, 0.15) is 13.2 Å². The van der Waals surface area contributed by atoms with Gasteiger partial charge in [0.05, 0.1) is 0 Å². The lowest BCUT2D eigenvalue weighted by molar-refractivity contribution is -0.167. The zero-order chi connectivity index (χ0) is 53.6. The van der Waals surface area contributed by atoms with Crippen molar-refractivity contribution in [3.8, 4) is 0 Å². The van der Waals surface area contributed by atoms with Crippen molar-refractivity contribution in [2.24, 2.45) is 0 Å². The number of hydrogen-bond donors (Lipinski definition) is 0. The van der Waals surface area contributed by atoms with Crippen molar-refractivity contribution in [2.45, 2.75) is 290 Å². The Kier molecular flexibility index (Phi) is 58.3. The number of esters is 3. The summed E-state index contributed by atoms with van der Waals surface area (Å²) in [6, 6.07) is 0. The lowest BCUT2D eigenvalue weighted by Crippen LogP contribution is -2.30. The molecule has 0 aromatic carbocycles. The van der Waals surface area contributed by atoms with Gasteiger partial charge in [-0.3, -0.25) is 14.4 Å². The highest BCUT2D eigenvalue weighted by molar-refractivity contribution is 5.71. The summed E-state index contributed by atoms with van der Waals surface area (Å²) >= 11 is 0. The van der Waals surface area contributed by atoms with Gasteiger partial charge in [0.25, 0.3) is 0 Å². The van der Waals surface area contributed by atoms with E-state index < -0.39 is 6.10 Å². The molecule has 0 rings (SSSR count). The van der Waals surface area contributed by atoms with Crippen LogP contribution in [0, 0.1) is 0 Å². The van der Waals surface area contributed by atoms with Gasteiger partial charge in [-0.1, -0.05) is 271 Å². The van der Waals surface area contributed by atoms with E-state index in [9.17, 15) is 14.4 Å². The van der Waals surface area contributed by atoms with E-state index >= 15 is 0 Å². The van der Waals surface area contributed by atoms with Gasteiger partial charge in [-0.05, 0) is 103 Å². The van der Waals surface area contributed by atoms with Crippen LogP contribution in [-0.4, -0.2) is 37.2 Å². The van der Waals surface area contributed by atoms with Crippen LogP contribution in [0.15, 0.2) is 109 Å². The molecule has 1 atom stereocenters. The van der Waals surface area contributed by atoms with E-state index in [4.69, 9.17) is 14.2 Å². The van der Waals surface area contributed by atoms with Crippen LogP contribution in [0.25, 0.3) is 0 Å². The van der Waals surface area contributed by atoms with Gasteiger partial charge in [0.15, 0.2) is 6.10 Å². The molecule has 0 bridgehead atoms. The molecule has 0 radical (unpaired) electrons. The molecule has 6 heteroatoms. The first-order chi connectivity index (χ1) is 36.5. The molecule has 0 fully saturated rings. The van der Waals surface area contributed by atoms with Gasteiger partial charge >= 0.3 is 17.9 Å². The molecule has 0 aromatic heterocycles. The molecule has 0 spiro atoms.